The van der Waals surface area contributed by atoms with E-state index in [1.165, 1.54) is 0 Å². The van der Waals surface area contributed by atoms with Gasteiger partial charge >= 0.3 is 5.70 Å². The van der Waals surface area contributed by atoms with E-state index in [1.54, 1.807) is 4.90 Å². The van der Waals surface area contributed by atoms with Crippen LogP contribution in [0.3, 0.4) is 0 Å². The van der Waals surface area contributed by atoms with E-state index in [9.17, 15) is 10.1 Å². The highest BCUT2D eigenvalue weighted by molar-refractivity contribution is 6.56. The van der Waals surface area contributed by atoms with Gasteiger partial charge in [-0.25, -0.2) is 0 Å². The smallest absolute Gasteiger partial charge is 0.334 e. The Morgan fingerprint density at radius 2 is 1.84 bits per heavy atom. The van der Waals surface area contributed by atoms with Crippen LogP contribution in [0, 0.1) is 10.1 Å². The van der Waals surface area contributed by atoms with Gasteiger partial charge in [0.25, 0.3) is 0 Å². The summed E-state index contributed by atoms with van der Waals surface area (Å²) < 4.78 is 5.11. The topological polar surface area (TPSA) is 79.7 Å². The Kier molecular flexibility index (Phi) is 4.73. The van der Waals surface area contributed by atoms with Gasteiger partial charge in [0.1, 0.15) is 4.49 Å². The van der Waals surface area contributed by atoms with Gasteiger partial charge in [-0.2, -0.15) is 0 Å². The van der Waals surface area contributed by atoms with Crippen LogP contribution in [-0.4, -0.2) is 49.2 Å². The number of nitrogens with one attached hydrogen (secondary N) is 2. The van der Waals surface area contributed by atoms with Crippen molar-refractivity contribution < 1.29 is 9.66 Å². The Hall–Kier alpha value is -1.18. The lowest BCUT2D eigenvalue weighted by molar-refractivity contribution is -0.424. The van der Waals surface area contributed by atoms with Crippen LogP contribution >= 0.6 is 23.2 Å². The molecule has 2 rings (SSSR count). The molecule has 106 valence electrons. The predicted octanol–water partition coefficient (Wildman–Crippen LogP) is 0.604. The molecule has 2 aliphatic heterocycles. The van der Waals surface area contributed by atoms with Crippen molar-refractivity contribution in [2.24, 2.45) is 0 Å². The lowest BCUT2D eigenvalue weighted by Gasteiger charge is -2.29. The second kappa shape index (κ2) is 6.31. The van der Waals surface area contributed by atoms with Crippen molar-refractivity contribution in [1.82, 2.24) is 15.5 Å². The molecule has 7 nitrogen and oxygen atoms in total. The van der Waals surface area contributed by atoms with Crippen molar-refractivity contribution in [3.8, 4) is 0 Å². The molecule has 2 heterocycles. The quantitative estimate of drug-likeness (QED) is 0.587. The largest absolute Gasteiger partial charge is 0.378 e. The SMILES string of the molecule is O=[N+]([O-])C(=C1NCCN1)C(=C(Cl)Cl)N1CCOCC1. The van der Waals surface area contributed by atoms with Crippen molar-refractivity contribution in [3.05, 3.63) is 31.8 Å². The van der Waals surface area contributed by atoms with E-state index in [0.717, 1.165) is 0 Å². The van der Waals surface area contributed by atoms with Gasteiger partial charge in [0.05, 0.1) is 18.1 Å². The zero-order chi connectivity index (χ0) is 13.8. The second-order valence-corrected chi connectivity index (χ2v) is 4.99. The number of nitrogens with zero attached hydrogens (tertiary/aromatic N) is 2. The number of ether oxygens (including phenoxy) is 1. The van der Waals surface area contributed by atoms with Crippen molar-refractivity contribution in [1.29, 1.82) is 0 Å². The molecule has 2 aliphatic rings. The third-order valence-electron chi connectivity index (χ3n) is 2.88. The van der Waals surface area contributed by atoms with Crippen LogP contribution < -0.4 is 10.6 Å². The van der Waals surface area contributed by atoms with Gasteiger partial charge in [-0.1, -0.05) is 23.2 Å². The second-order valence-electron chi connectivity index (χ2n) is 4.04. The summed E-state index contributed by atoms with van der Waals surface area (Å²) in [5, 5.41) is 17.2. The minimum absolute atomic E-state index is 0.114. The van der Waals surface area contributed by atoms with E-state index in [1.807, 2.05) is 0 Å². The molecule has 0 aromatic rings. The maximum atomic E-state index is 11.3. The van der Waals surface area contributed by atoms with Gasteiger partial charge in [0, 0.05) is 26.2 Å². The molecule has 0 aromatic heterocycles. The van der Waals surface area contributed by atoms with Gasteiger partial charge in [-0.3, -0.25) is 10.1 Å². The fourth-order valence-electron chi connectivity index (χ4n) is 2.05. The molecule has 0 bridgehead atoms. The molecule has 0 aromatic carbocycles. The first kappa shape index (κ1) is 14.2. The lowest BCUT2D eigenvalue weighted by atomic mass is 10.2. The normalized spacial score (nSPS) is 18.6. The van der Waals surface area contributed by atoms with Gasteiger partial charge in [0.2, 0.25) is 0 Å². The summed E-state index contributed by atoms with van der Waals surface area (Å²) in [5.41, 5.74) is 0.105. The summed E-state index contributed by atoms with van der Waals surface area (Å²) in [6.45, 7) is 3.27. The number of hydrogen-bond acceptors (Lipinski definition) is 6. The lowest BCUT2D eigenvalue weighted by Crippen LogP contribution is -2.38. The first-order valence-corrected chi connectivity index (χ1v) is 6.61. The first-order valence-electron chi connectivity index (χ1n) is 5.86. The molecule has 2 saturated heterocycles. The van der Waals surface area contributed by atoms with Gasteiger partial charge in [-0.15, -0.1) is 0 Å². The Morgan fingerprint density at radius 1 is 1.26 bits per heavy atom. The number of hydrogen-bond donors (Lipinski definition) is 2. The highest BCUT2D eigenvalue weighted by Gasteiger charge is 2.33. The van der Waals surface area contributed by atoms with Crippen molar-refractivity contribution in [2.75, 3.05) is 39.4 Å². The number of morpholine rings is 1. The van der Waals surface area contributed by atoms with Crippen LogP contribution in [0.4, 0.5) is 0 Å². The molecule has 0 atom stereocenters. The zero-order valence-corrected chi connectivity index (χ0v) is 11.6. The third-order valence-corrected chi connectivity index (χ3v) is 3.24. The van der Waals surface area contributed by atoms with Crippen LogP contribution in [0.2, 0.25) is 0 Å². The van der Waals surface area contributed by atoms with Crippen molar-refractivity contribution in [2.45, 2.75) is 0 Å². The Labute approximate surface area is 120 Å². The van der Waals surface area contributed by atoms with E-state index >= 15 is 0 Å². The zero-order valence-electron chi connectivity index (χ0n) is 10.1. The fraction of sp³-hybridized carbons (Fsp3) is 0.600. The molecule has 2 N–H and O–H groups in total. The predicted molar refractivity (Wildman–Crippen MR) is 71.1 cm³/mol. The molecule has 0 saturated carbocycles. The number of rotatable bonds is 3. The highest BCUT2D eigenvalue weighted by atomic mass is 35.5. The van der Waals surface area contributed by atoms with E-state index in [2.05, 4.69) is 10.6 Å². The Bertz CT molecular complexity index is 420. The molecule has 9 heteroatoms. The van der Waals surface area contributed by atoms with Crippen LogP contribution in [0.5, 0.6) is 0 Å². The van der Waals surface area contributed by atoms with Crippen molar-refractivity contribution in [3.63, 3.8) is 0 Å². The van der Waals surface area contributed by atoms with E-state index < -0.39 is 4.92 Å². The summed E-state index contributed by atoms with van der Waals surface area (Å²) in [6.07, 6.45) is 0. The molecular formula is C10H14Cl2N4O3. The van der Waals surface area contributed by atoms with Gasteiger partial charge in [0.15, 0.2) is 11.5 Å². The van der Waals surface area contributed by atoms with Gasteiger partial charge < -0.3 is 20.3 Å². The third kappa shape index (κ3) is 3.23. The van der Waals surface area contributed by atoms with Crippen molar-refractivity contribution >= 4 is 23.2 Å². The Balaban J connectivity index is 2.38. The van der Waals surface area contributed by atoms with Gasteiger partial charge in [-0.05, 0) is 0 Å². The summed E-state index contributed by atoms with van der Waals surface area (Å²) in [6, 6.07) is 0. The maximum Gasteiger partial charge on any atom is 0.334 e. The standard InChI is InChI=1S/C10H14Cl2N4O3/c11-9(12)7(15-3-5-19-6-4-15)8(16(17)18)10-13-1-2-14-10/h13-14H,1-6H2. The molecule has 0 spiro atoms. The summed E-state index contributed by atoms with van der Waals surface area (Å²) >= 11 is 11.7. The molecular weight excluding hydrogens is 295 g/mol. The van der Waals surface area contributed by atoms with E-state index in [0.29, 0.717) is 45.2 Å². The fourth-order valence-corrected chi connectivity index (χ4v) is 2.46. The number of halogens is 2. The monoisotopic (exact) mass is 308 g/mol. The molecule has 19 heavy (non-hydrogen) atoms. The van der Waals surface area contributed by atoms with E-state index in [-0.39, 0.29) is 15.9 Å². The van der Waals surface area contributed by atoms with Crippen LogP contribution in [0.1, 0.15) is 0 Å². The maximum absolute atomic E-state index is 11.3. The average Bonchev–Trinajstić information content (AvgIpc) is 2.89. The minimum atomic E-state index is -0.476. The molecule has 0 amide bonds. The van der Waals surface area contributed by atoms with Crippen LogP contribution in [-0.2, 0) is 4.74 Å². The molecule has 0 aliphatic carbocycles. The van der Waals surface area contributed by atoms with Crippen LogP contribution in [0.25, 0.3) is 0 Å². The minimum Gasteiger partial charge on any atom is -0.378 e. The Morgan fingerprint density at radius 3 is 2.32 bits per heavy atom. The summed E-state index contributed by atoms with van der Waals surface area (Å²) in [4.78, 5) is 12.6. The highest BCUT2D eigenvalue weighted by Crippen LogP contribution is 2.27. The van der Waals surface area contributed by atoms with Crippen LogP contribution in [0.15, 0.2) is 21.7 Å². The number of nitro groups is 1. The molecule has 0 unspecified atom stereocenters. The summed E-state index contributed by atoms with van der Waals surface area (Å²) in [5.74, 6) is 0.352. The van der Waals surface area contributed by atoms with E-state index in [4.69, 9.17) is 27.9 Å². The molecule has 0 radical (unpaired) electrons. The average molecular weight is 309 g/mol. The first-order chi connectivity index (χ1) is 9.11. The molecule has 2 fully saturated rings. The summed E-state index contributed by atoms with van der Waals surface area (Å²) in [7, 11) is 0.